The van der Waals surface area contributed by atoms with Crippen LogP contribution in [0.4, 0.5) is 0 Å². The summed E-state index contributed by atoms with van der Waals surface area (Å²) in [7, 11) is 1.43. The van der Waals surface area contributed by atoms with Crippen LogP contribution in [-0.4, -0.2) is 33.1 Å². The zero-order valence-corrected chi connectivity index (χ0v) is 12.6. The number of thioether (sulfide) groups is 1. The summed E-state index contributed by atoms with van der Waals surface area (Å²) in [5.41, 5.74) is 0. The van der Waals surface area contributed by atoms with E-state index in [2.05, 4.69) is 14.8 Å². The van der Waals surface area contributed by atoms with Gasteiger partial charge in [-0.15, -0.1) is 10.2 Å². The summed E-state index contributed by atoms with van der Waals surface area (Å²) in [5, 5.41) is 9.60. The van der Waals surface area contributed by atoms with Gasteiger partial charge in [-0.3, -0.25) is 4.79 Å². The maximum Gasteiger partial charge on any atom is 0.309 e. The van der Waals surface area contributed by atoms with Crippen LogP contribution >= 0.6 is 11.8 Å². The fourth-order valence-electron chi connectivity index (χ4n) is 2.19. The Kier molecular flexibility index (Phi) is 4.85. The van der Waals surface area contributed by atoms with Crippen molar-refractivity contribution in [3.8, 4) is 0 Å². The molecule has 0 fully saturated rings. The second-order valence-corrected chi connectivity index (χ2v) is 6.34. The van der Waals surface area contributed by atoms with Gasteiger partial charge in [0, 0.05) is 18.2 Å². The molecule has 0 bridgehead atoms. The molecule has 0 N–H and O–H groups in total. The first-order chi connectivity index (χ1) is 9.13. The van der Waals surface area contributed by atoms with Gasteiger partial charge in [-0.25, -0.2) is 0 Å². The first-order valence-electron chi connectivity index (χ1n) is 6.80. The molecule has 0 radical (unpaired) electrons. The van der Waals surface area contributed by atoms with E-state index in [1.165, 1.54) is 26.4 Å². The van der Waals surface area contributed by atoms with Gasteiger partial charge in [0.15, 0.2) is 5.16 Å². The number of aryl methyl sites for hydroxylation is 1. The number of aromatic nitrogens is 3. The molecule has 0 saturated heterocycles. The second-order valence-electron chi connectivity index (χ2n) is 5.00. The fourth-order valence-corrected chi connectivity index (χ4v) is 3.25. The molecule has 2 unspecified atom stereocenters. The van der Waals surface area contributed by atoms with Crippen LogP contribution in [0.3, 0.4) is 0 Å². The van der Waals surface area contributed by atoms with E-state index >= 15 is 0 Å². The number of methoxy groups -OCH3 is 1. The van der Waals surface area contributed by atoms with Gasteiger partial charge in [-0.1, -0.05) is 32.0 Å². The van der Waals surface area contributed by atoms with Crippen molar-refractivity contribution in [1.82, 2.24) is 14.8 Å². The highest BCUT2D eigenvalue weighted by Crippen LogP contribution is 2.29. The molecule has 19 heavy (non-hydrogen) atoms. The maximum absolute atomic E-state index is 11.5. The Morgan fingerprint density at radius 1 is 1.32 bits per heavy atom. The molecule has 106 valence electrons. The van der Waals surface area contributed by atoms with Crippen LogP contribution in [0.2, 0.25) is 0 Å². The number of hydrogen-bond donors (Lipinski definition) is 0. The summed E-state index contributed by atoms with van der Waals surface area (Å²) in [5.74, 6) is 0.766. The van der Waals surface area contributed by atoms with Crippen LogP contribution < -0.4 is 0 Å². The van der Waals surface area contributed by atoms with Gasteiger partial charge in [0.2, 0.25) is 0 Å². The van der Waals surface area contributed by atoms with Crippen LogP contribution in [0.25, 0.3) is 0 Å². The fraction of sp³-hybridized carbons (Fsp3) is 0.769. The summed E-state index contributed by atoms with van der Waals surface area (Å²) >= 11 is 1.61. The number of carbonyl (C=O) groups is 1. The molecule has 1 aliphatic rings. The zero-order chi connectivity index (χ0) is 13.8. The van der Waals surface area contributed by atoms with Gasteiger partial charge in [-0.2, -0.15) is 0 Å². The van der Waals surface area contributed by atoms with Crippen LogP contribution in [0, 0.1) is 5.92 Å². The third kappa shape index (κ3) is 3.29. The summed E-state index contributed by atoms with van der Waals surface area (Å²) in [6, 6.07) is 0. The normalized spacial score (nSPS) is 18.3. The standard InChI is InChI=1S/C13H21N3O2S/c1-9(12(17)18-3)10(2)19-13-15-14-11-7-5-4-6-8-16(11)13/h9-10H,4-8H2,1-3H3. The lowest BCUT2D eigenvalue weighted by Crippen LogP contribution is -2.22. The minimum absolute atomic E-state index is 0.129. The van der Waals surface area contributed by atoms with Gasteiger partial charge in [0.1, 0.15) is 5.82 Å². The van der Waals surface area contributed by atoms with Gasteiger partial charge >= 0.3 is 5.97 Å². The van der Waals surface area contributed by atoms with E-state index < -0.39 is 0 Å². The quantitative estimate of drug-likeness (QED) is 0.627. The first-order valence-corrected chi connectivity index (χ1v) is 7.68. The minimum Gasteiger partial charge on any atom is -0.469 e. The summed E-state index contributed by atoms with van der Waals surface area (Å²) in [6.45, 7) is 4.91. The Bertz CT molecular complexity index is 447. The molecule has 0 aromatic carbocycles. The number of rotatable bonds is 4. The van der Waals surface area contributed by atoms with E-state index in [-0.39, 0.29) is 17.1 Å². The molecule has 1 aromatic heterocycles. The van der Waals surface area contributed by atoms with Gasteiger partial charge in [-0.05, 0) is 12.8 Å². The number of fused-ring (bicyclic) bond motifs is 1. The lowest BCUT2D eigenvalue weighted by Gasteiger charge is -2.17. The predicted octanol–water partition coefficient (Wildman–Crippen LogP) is 2.29. The van der Waals surface area contributed by atoms with Crippen molar-refractivity contribution >= 4 is 17.7 Å². The molecule has 0 saturated carbocycles. The maximum atomic E-state index is 11.5. The molecule has 2 heterocycles. The zero-order valence-electron chi connectivity index (χ0n) is 11.8. The SMILES string of the molecule is COC(=O)C(C)C(C)Sc1nnc2n1CCCCC2. The topological polar surface area (TPSA) is 57.0 Å². The predicted molar refractivity (Wildman–Crippen MR) is 74.1 cm³/mol. The third-order valence-electron chi connectivity index (χ3n) is 3.64. The number of esters is 1. The van der Waals surface area contributed by atoms with Crippen LogP contribution in [0.5, 0.6) is 0 Å². The van der Waals surface area contributed by atoms with Gasteiger partial charge in [0.05, 0.1) is 13.0 Å². The molecule has 1 aromatic rings. The van der Waals surface area contributed by atoms with E-state index in [0.29, 0.717) is 0 Å². The van der Waals surface area contributed by atoms with Crippen molar-refractivity contribution in [1.29, 1.82) is 0 Å². The molecule has 1 aliphatic heterocycles. The largest absolute Gasteiger partial charge is 0.469 e. The van der Waals surface area contributed by atoms with Crippen molar-refractivity contribution < 1.29 is 9.53 Å². The molecule has 0 aliphatic carbocycles. The molecule has 0 amide bonds. The number of hydrogen-bond acceptors (Lipinski definition) is 5. The smallest absolute Gasteiger partial charge is 0.309 e. The van der Waals surface area contributed by atoms with Gasteiger partial charge in [0.25, 0.3) is 0 Å². The highest BCUT2D eigenvalue weighted by Gasteiger charge is 2.25. The van der Waals surface area contributed by atoms with Crippen molar-refractivity contribution in [2.75, 3.05) is 7.11 Å². The Labute approximate surface area is 118 Å². The van der Waals surface area contributed by atoms with Crippen molar-refractivity contribution in [2.24, 2.45) is 5.92 Å². The molecule has 2 rings (SSSR count). The van der Waals surface area contributed by atoms with Crippen molar-refractivity contribution in [3.63, 3.8) is 0 Å². The van der Waals surface area contributed by atoms with Crippen LogP contribution in [-0.2, 0) is 22.5 Å². The van der Waals surface area contributed by atoms with Crippen molar-refractivity contribution in [3.05, 3.63) is 5.82 Å². The van der Waals surface area contributed by atoms with E-state index in [1.54, 1.807) is 11.8 Å². The van der Waals surface area contributed by atoms with Crippen molar-refractivity contribution in [2.45, 2.75) is 56.5 Å². The summed E-state index contributed by atoms with van der Waals surface area (Å²) in [4.78, 5) is 11.5. The molecule has 0 spiro atoms. The molecule has 5 nitrogen and oxygen atoms in total. The molecular formula is C13H21N3O2S. The first kappa shape index (κ1) is 14.4. The average Bonchev–Trinajstić information content (AvgIpc) is 2.65. The lowest BCUT2D eigenvalue weighted by molar-refractivity contribution is -0.144. The van der Waals surface area contributed by atoms with Crippen LogP contribution in [0.15, 0.2) is 5.16 Å². The van der Waals surface area contributed by atoms with Gasteiger partial charge < -0.3 is 9.30 Å². The minimum atomic E-state index is -0.171. The summed E-state index contributed by atoms with van der Waals surface area (Å²) < 4.78 is 7.00. The van der Waals surface area contributed by atoms with Crippen LogP contribution in [0.1, 0.15) is 38.9 Å². The van der Waals surface area contributed by atoms with E-state index in [1.807, 2.05) is 13.8 Å². The molecule has 2 atom stereocenters. The highest BCUT2D eigenvalue weighted by atomic mass is 32.2. The Morgan fingerprint density at radius 3 is 2.84 bits per heavy atom. The van der Waals surface area contributed by atoms with E-state index in [9.17, 15) is 4.79 Å². The highest BCUT2D eigenvalue weighted by molar-refractivity contribution is 7.99. The second kappa shape index (κ2) is 6.41. The van der Waals surface area contributed by atoms with E-state index in [0.717, 1.165) is 23.9 Å². The Morgan fingerprint density at radius 2 is 2.11 bits per heavy atom. The number of nitrogens with zero attached hydrogens (tertiary/aromatic N) is 3. The lowest BCUT2D eigenvalue weighted by atomic mass is 10.1. The number of ether oxygens (including phenoxy) is 1. The Balaban J connectivity index is 2.07. The Hall–Kier alpha value is -1.04. The average molecular weight is 283 g/mol. The third-order valence-corrected chi connectivity index (χ3v) is 4.94. The molecular weight excluding hydrogens is 262 g/mol. The summed E-state index contributed by atoms with van der Waals surface area (Å²) in [6.07, 6.45) is 4.63. The van der Waals surface area contributed by atoms with E-state index in [4.69, 9.17) is 4.74 Å². The number of carbonyl (C=O) groups excluding carboxylic acids is 1. The molecule has 6 heteroatoms. The monoisotopic (exact) mass is 283 g/mol.